The number of carbonyl (C=O) groups is 3. The summed E-state index contributed by atoms with van der Waals surface area (Å²) >= 11 is 0. The molecule has 0 bridgehead atoms. The molecule has 1 unspecified atom stereocenters. The number of hydrogen-bond acceptors (Lipinski definition) is 11. The van der Waals surface area contributed by atoms with Crippen LogP contribution in [-0.4, -0.2) is 73.4 Å². The quantitative estimate of drug-likeness (QED) is 0.0716. The molecule has 1 saturated heterocycles. The van der Waals surface area contributed by atoms with E-state index >= 15 is 0 Å². The fourth-order valence-corrected chi connectivity index (χ4v) is 6.27. The molecular weight excluding hydrogens is 681 g/mol. The topological polar surface area (TPSA) is 165 Å². The number of likely N-dealkylation sites (tertiary alicyclic amines) is 1. The van der Waals surface area contributed by atoms with E-state index in [0.717, 1.165) is 46.0 Å². The second kappa shape index (κ2) is 16.0. The number of nitrogens with zero attached hydrogens (tertiary/aromatic N) is 6. The first-order valence-electron chi connectivity index (χ1n) is 17.5. The molecule has 3 N–H and O–H groups in total. The van der Waals surface area contributed by atoms with Gasteiger partial charge in [0.05, 0.1) is 11.9 Å². The lowest BCUT2D eigenvalue weighted by Gasteiger charge is -2.32. The summed E-state index contributed by atoms with van der Waals surface area (Å²) in [5.41, 5.74) is 4.75. The summed E-state index contributed by atoms with van der Waals surface area (Å²) in [6.45, 7) is 12.1. The van der Waals surface area contributed by atoms with Crippen LogP contribution in [0.3, 0.4) is 0 Å². The molecule has 2 amide bonds. The van der Waals surface area contributed by atoms with Crippen LogP contribution >= 0.6 is 0 Å². The lowest BCUT2D eigenvalue weighted by Crippen LogP contribution is -2.41. The van der Waals surface area contributed by atoms with Crippen LogP contribution in [0.5, 0.6) is 0 Å². The molecule has 53 heavy (non-hydrogen) atoms. The van der Waals surface area contributed by atoms with E-state index < -0.39 is 30.1 Å². The van der Waals surface area contributed by atoms with Crippen LogP contribution in [0, 0.1) is 5.92 Å². The van der Waals surface area contributed by atoms with Gasteiger partial charge in [0.15, 0.2) is 11.5 Å². The smallest absolute Gasteiger partial charge is 0.412 e. The van der Waals surface area contributed by atoms with Crippen molar-refractivity contribution in [2.75, 3.05) is 35.6 Å². The molecule has 2 aromatic carbocycles. The number of hydrogen-bond donors (Lipinski definition) is 3. The van der Waals surface area contributed by atoms with Gasteiger partial charge in [0.2, 0.25) is 18.2 Å². The van der Waals surface area contributed by atoms with E-state index in [2.05, 4.69) is 41.5 Å². The molecule has 1 aliphatic rings. The van der Waals surface area contributed by atoms with Crippen LogP contribution < -0.4 is 16.0 Å². The number of pyridine rings is 1. The summed E-state index contributed by atoms with van der Waals surface area (Å²) in [6.07, 6.45) is 3.57. The van der Waals surface area contributed by atoms with Crippen molar-refractivity contribution in [2.24, 2.45) is 5.92 Å². The van der Waals surface area contributed by atoms with Crippen LogP contribution in [0.15, 0.2) is 73.3 Å². The minimum Gasteiger partial charge on any atom is -0.426 e. The number of fused-ring (bicyclic) bond motifs is 2. The summed E-state index contributed by atoms with van der Waals surface area (Å²) in [6, 6.07) is 15.1. The first-order valence-corrected chi connectivity index (χ1v) is 17.5. The third-order valence-corrected chi connectivity index (χ3v) is 9.02. The van der Waals surface area contributed by atoms with Crippen LogP contribution in [0.25, 0.3) is 27.7 Å². The summed E-state index contributed by atoms with van der Waals surface area (Å²) in [5, 5.41) is 15.7. The van der Waals surface area contributed by atoms with E-state index in [-0.39, 0.29) is 11.8 Å². The summed E-state index contributed by atoms with van der Waals surface area (Å²) in [5.74, 6) is -1.04. The lowest BCUT2D eigenvalue weighted by molar-refractivity contribution is -0.163. The van der Waals surface area contributed by atoms with E-state index in [0.29, 0.717) is 49.4 Å². The number of piperidine rings is 1. The Labute approximate surface area is 305 Å². The van der Waals surface area contributed by atoms with Crippen molar-refractivity contribution in [1.29, 1.82) is 0 Å². The third-order valence-electron chi connectivity index (χ3n) is 9.02. The Balaban J connectivity index is 1.18. The second-order valence-corrected chi connectivity index (χ2v) is 13.2. The van der Waals surface area contributed by atoms with Gasteiger partial charge >= 0.3 is 12.1 Å². The highest BCUT2D eigenvalue weighted by Gasteiger charge is 2.26. The molecule has 5 aromatic rings. The summed E-state index contributed by atoms with van der Waals surface area (Å²) < 4.78 is 25.2. The number of esters is 1. The normalized spacial score (nSPS) is 13.9. The minimum absolute atomic E-state index is 0.179. The highest BCUT2D eigenvalue weighted by atomic mass is 19.1. The maximum absolute atomic E-state index is 13.3. The SMILES string of the molecule is C=C(F)C(=O)Nc1ccc2c(-c3ccccc3CNc3nc(NCC4CCN(C(=O)OC(C)OC(C)=O)CC4)nc4c(C(C)C)cnn34)nccc2c1. The maximum atomic E-state index is 13.3. The second-order valence-electron chi connectivity index (χ2n) is 13.2. The van der Waals surface area contributed by atoms with Crippen LogP contribution in [0.4, 0.5) is 26.8 Å². The predicted molar refractivity (Wildman–Crippen MR) is 199 cm³/mol. The van der Waals surface area contributed by atoms with Gasteiger partial charge in [-0.2, -0.15) is 19.6 Å². The highest BCUT2D eigenvalue weighted by Crippen LogP contribution is 2.32. The van der Waals surface area contributed by atoms with Crippen LogP contribution in [0.1, 0.15) is 57.6 Å². The van der Waals surface area contributed by atoms with Crippen molar-refractivity contribution < 1.29 is 28.2 Å². The number of aromatic nitrogens is 5. The van der Waals surface area contributed by atoms with Gasteiger partial charge in [-0.05, 0) is 53.8 Å². The maximum Gasteiger partial charge on any atom is 0.412 e. The number of benzene rings is 2. The number of carbonyl (C=O) groups excluding carboxylic acids is 3. The average Bonchev–Trinajstić information content (AvgIpc) is 3.57. The minimum atomic E-state index is -1.06. The fraction of sp³-hybridized carbons (Fsp3) is 0.342. The monoisotopic (exact) mass is 723 g/mol. The van der Waals surface area contributed by atoms with Gasteiger partial charge in [-0.3, -0.25) is 14.6 Å². The van der Waals surface area contributed by atoms with Crippen molar-refractivity contribution in [3.05, 3.63) is 84.5 Å². The van der Waals surface area contributed by atoms with E-state index in [4.69, 9.17) is 24.4 Å². The highest BCUT2D eigenvalue weighted by molar-refractivity contribution is 6.04. The Bertz CT molecular complexity index is 2160. The van der Waals surface area contributed by atoms with Crippen molar-refractivity contribution in [1.82, 2.24) is 29.5 Å². The molecule has 15 heteroatoms. The summed E-state index contributed by atoms with van der Waals surface area (Å²) in [7, 11) is 0. The zero-order valence-corrected chi connectivity index (χ0v) is 30.1. The fourth-order valence-electron chi connectivity index (χ4n) is 6.27. The predicted octanol–water partition coefficient (Wildman–Crippen LogP) is 6.67. The molecule has 1 atom stereocenters. The Kier molecular flexibility index (Phi) is 11.1. The van der Waals surface area contributed by atoms with Gasteiger partial charge in [-0.25, -0.2) is 9.18 Å². The van der Waals surface area contributed by atoms with E-state index in [1.54, 1.807) is 27.7 Å². The molecule has 0 radical (unpaired) electrons. The first kappa shape index (κ1) is 36.7. The van der Waals surface area contributed by atoms with Crippen LogP contribution in [0.2, 0.25) is 0 Å². The molecule has 3 aromatic heterocycles. The van der Waals surface area contributed by atoms with Gasteiger partial charge < -0.3 is 30.3 Å². The number of rotatable bonds is 12. The van der Waals surface area contributed by atoms with Crippen molar-refractivity contribution in [3.63, 3.8) is 0 Å². The van der Waals surface area contributed by atoms with E-state index in [9.17, 15) is 18.8 Å². The summed E-state index contributed by atoms with van der Waals surface area (Å²) in [4.78, 5) is 51.5. The standard InChI is InChI=1S/C38H42FN9O5/c1-22(2)32-21-43-48-34(32)45-36(41-19-26-13-16-47(17-14-26)38(51)53-25(5)52-24(4)49)46-37(48)42-20-28-8-6-7-9-30(28)33-31-11-10-29(44-35(50)23(3)39)18-27(31)12-15-40-33/h6-12,15,18,21-22,25-26H,3,13-14,16-17,19-20H2,1-2,4-5H3,(H,44,50)(H2,41,42,45,46). The van der Waals surface area contributed by atoms with Crippen molar-refractivity contribution >= 4 is 52.0 Å². The molecule has 14 nitrogen and oxygen atoms in total. The number of ether oxygens (including phenoxy) is 2. The number of halogens is 1. The van der Waals surface area contributed by atoms with Crippen molar-refractivity contribution in [2.45, 2.75) is 59.3 Å². The van der Waals surface area contributed by atoms with Gasteiger partial charge in [0, 0.05) is 68.4 Å². The number of anilines is 3. The van der Waals surface area contributed by atoms with Gasteiger partial charge in [0.1, 0.15) is 0 Å². The zero-order chi connectivity index (χ0) is 37.6. The van der Waals surface area contributed by atoms with E-state index in [1.165, 1.54) is 13.8 Å². The third kappa shape index (κ3) is 8.68. The van der Waals surface area contributed by atoms with Gasteiger partial charge in [-0.1, -0.05) is 50.8 Å². The molecule has 0 saturated carbocycles. The Hall–Kier alpha value is -6.12. The van der Waals surface area contributed by atoms with Crippen LogP contribution in [-0.2, 0) is 25.6 Å². The molecule has 0 spiro atoms. The van der Waals surface area contributed by atoms with Crippen molar-refractivity contribution in [3.8, 4) is 11.3 Å². The molecule has 4 heterocycles. The van der Waals surface area contributed by atoms with Gasteiger partial charge in [-0.15, -0.1) is 0 Å². The molecular formula is C38H42FN9O5. The van der Waals surface area contributed by atoms with Gasteiger partial charge in [0.25, 0.3) is 5.91 Å². The first-order chi connectivity index (χ1) is 25.5. The molecule has 1 aliphatic heterocycles. The zero-order valence-electron chi connectivity index (χ0n) is 30.1. The lowest BCUT2D eigenvalue weighted by atomic mass is 9.97. The molecule has 1 fully saturated rings. The Morgan fingerprint density at radius 3 is 2.53 bits per heavy atom. The number of nitrogens with one attached hydrogen (secondary N) is 3. The molecule has 276 valence electrons. The average molecular weight is 724 g/mol. The molecule has 6 rings (SSSR count). The largest absolute Gasteiger partial charge is 0.426 e. The van der Waals surface area contributed by atoms with E-state index in [1.807, 2.05) is 42.6 Å². The molecule has 0 aliphatic carbocycles. The number of amides is 2. The Morgan fingerprint density at radius 1 is 1.02 bits per heavy atom. The Morgan fingerprint density at radius 2 is 1.79 bits per heavy atom.